The van der Waals surface area contributed by atoms with Crippen molar-refractivity contribution in [1.29, 1.82) is 0 Å². The van der Waals surface area contributed by atoms with Crippen LogP contribution < -0.4 is 5.32 Å². The van der Waals surface area contributed by atoms with Gasteiger partial charge in [-0.2, -0.15) is 0 Å². The first-order chi connectivity index (χ1) is 9.75. The molecule has 0 aliphatic carbocycles. The number of thiazole rings is 1. The van der Waals surface area contributed by atoms with Crippen LogP contribution in [0, 0.1) is 6.92 Å². The molecule has 1 amide bonds. The van der Waals surface area contributed by atoms with Gasteiger partial charge in [-0.3, -0.25) is 9.78 Å². The van der Waals surface area contributed by atoms with Gasteiger partial charge in [0.15, 0.2) is 0 Å². The molecule has 5 nitrogen and oxygen atoms in total. The highest BCUT2D eigenvalue weighted by Gasteiger charge is 2.22. The Balaban J connectivity index is 1.87. The van der Waals surface area contributed by atoms with E-state index in [9.17, 15) is 4.79 Å². The summed E-state index contributed by atoms with van der Waals surface area (Å²) >= 11 is 1.46. The molecule has 1 aliphatic heterocycles. The number of piperazine rings is 1. The highest BCUT2D eigenvalue weighted by atomic mass is 32.1. The van der Waals surface area contributed by atoms with Crippen LogP contribution in [0.5, 0.6) is 0 Å². The third kappa shape index (κ3) is 2.57. The molecular weight excluding hydrogens is 272 g/mol. The van der Waals surface area contributed by atoms with Gasteiger partial charge >= 0.3 is 0 Å². The molecule has 0 bridgehead atoms. The normalized spacial score (nSPS) is 15.3. The fourth-order valence-corrected chi connectivity index (χ4v) is 3.26. The van der Waals surface area contributed by atoms with E-state index in [2.05, 4.69) is 15.3 Å². The van der Waals surface area contributed by atoms with Crippen LogP contribution >= 0.6 is 11.3 Å². The van der Waals surface area contributed by atoms with Crippen molar-refractivity contribution in [1.82, 2.24) is 20.2 Å². The maximum Gasteiger partial charge on any atom is 0.265 e. The van der Waals surface area contributed by atoms with E-state index in [0.29, 0.717) is 0 Å². The third-order valence-electron chi connectivity index (χ3n) is 3.32. The van der Waals surface area contributed by atoms with E-state index < -0.39 is 0 Å². The molecule has 2 aromatic rings. The topological polar surface area (TPSA) is 58.1 Å². The van der Waals surface area contributed by atoms with E-state index in [-0.39, 0.29) is 5.91 Å². The number of amides is 1. The van der Waals surface area contributed by atoms with Crippen LogP contribution in [-0.4, -0.2) is 47.0 Å². The zero-order chi connectivity index (χ0) is 13.9. The van der Waals surface area contributed by atoms with Crippen molar-refractivity contribution >= 4 is 17.2 Å². The second-order valence-electron chi connectivity index (χ2n) is 4.71. The summed E-state index contributed by atoms with van der Waals surface area (Å²) in [5, 5.41) is 4.13. The van der Waals surface area contributed by atoms with Crippen molar-refractivity contribution < 1.29 is 4.79 Å². The van der Waals surface area contributed by atoms with E-state index >= 15 is 0 Å². The van der Waals surface area contributed by atoms with Crippen LogP contribution in [-0.2, 0) is 0 Å². The number of aryl methyl sites for hydroxylation is 1. The van der Waals surface area contributed by atoms with Gasteiger partial charge in [-0.05, 0) is 19.1 Å². The van der Waals surface area contributed by atoms with Gasteiger partial charge < -0.3 is 10.2 Å². The molecule has 0 atom stereocenters. The summed E-state index contributed by atoms with van der Waals surface area (Å²) in [6, 6.07) is 3.83. The molecule has 3 heterocycles. The van der Waals surface area contributed by atoms with Crippen LogP contribution in [0.1, 0.15) is 15.4 Å². The molecule has 0 unspecified atom stereocenters. The predicted molar refractivity (Wildman–Crippen MR) is 78.9 cm³/mol. The van der Waals surface area contributed by atoms with Gasteiger partial charge in [-0.1, -0.05) is 0 Å². The maximum absolute atomic E-state index is 12.5. The summed E-state index contributed by atoms with van der Waals surface area (Å²) in [5.41, 5.74) is 1.82. The molecule has 0 radical (unpaired) electrons. The number of hydrogen-bond acceptors (Lipinski definition) is 5. The lowest BCUT2D eigenvalue weighted by Crippen LogP contribution is -2.46. The zero-order valence-electron chi connectivity index (χ0n) is 11.3. The Morgan fingerprint density at radius 1 is 1.30 bits per heavy atom. The van der Waals surface area contributed by atoms with Gasteiger partial charge in [0.25, 0.3) is 5.91 Å². The van der Waals surface area contributed by atoms with Crippen molar-refractivity contribution in [3.8, 4) is 10.6 Å². The van der Waals surface area contributed by atoms with Gasteiger partial charge in [0.2, 0.25) is 0 Å². The predicted octanol–water partition coefficient (Wildman–Crippen LogP) is 1.56. The van der Waals surface area contributed by atoms with Gasteiger partial charge in [0.05, 0.1) is 5.69 Å². The number of rotatable bonds is 2. The van der Waals surface area contributed by atoms with Crippen molar-refractivity contribution in [3.63, 3.8) is 0 Å². The van der Waals surface area contributed by atoms with E-state index in [0.717, 1.165) is 47.3 Å². The number of aromatic nitrogens is 2. The number of carbonyl (C=O) groups excluding carboxylic acids is 1. The Bertz CT molecular complexity index is 605. The second-order valence-corrected chi connectivity index (χ2v) is 5.71. The summed E-state index contributed by atoms with van der Waals surface area (Å²) in [5.74, 6) is 0.0989. The van der Waals surface area contributed by atoms with Crippen LogP contribution in [0.2, 0.25) is 0 Å². The standard InChI is InChI=1S/C14H16N4OS/c1-10-12(14(19)18-8-6-16-7-9-18)20-13(17-10)11-2-4-15-5-3-11/h2-5,16H,6-9H2,1H3. The van der Waals surface area contributed by atoms with Crippen LogP contribution in [0.15, 0.2) is 24.5 Å². The van der Waals surface area contributed by atoms with Gasteiger partial charge in [-0.25, -0.2) is 4.98 Å². The largest absolute Gasteiger partial charge is 0.335 e. The molecule has 3 rings (SSSR count). The van der Waals surface area contributed by atoms with Crippen molar-refractivity contribution in [2.75, 3.05) is 26.2 Å². The van der Waals surface area contributed by atoms with E-state index in [1.54, 1.807) is 12.4 Å². The summed E-state index contributed by atoms with van der Waals surface area (Å²) in [7, 11) is 0. The van der Waals surface area contributed by atoms with Crippen LogP contribution in [0.25, 0.3) is 10.6 Å². The summed E-state index contributed by atoms with van der Waals surface area (Å²) in [4.78, 5) is 23.7. The molecule has 0 saturated carbocycles. The minimum absolute atomic E-state index is 0.0989. The first kappa shape index (κ1) is 13.2. The molecule has 1 saturated heterocycles. The monoisotopic (exact) mass is 288 g/mol. The fraction of sp³-hybridized carbons (Fsp3) is 0.357. The van der Waals surface area contributed by atoms with Crippen molar-refractivity contribution in [2.24, 2.45) is 0 Å². The summed E-state index contributed by atoms with van der Waals surface area (Å²) < 4.78 is 0. The molecule has 0 aromatic carbocycles. The summed E-state index contributed by atoms with van der Waals surface area (Å²) in [6.45, 7) is 5.15. The van der Waals surface area contributed by atoms with Gasteiger partial charge in [0.1, 0.15) is 9.88 Å². The summed E-state index contributed by atoms with van der Waals surface area (Å²) in [6.07, 6.45) is 3.48. The molecule has 1 N–H and O–H groups in total. The zero-order valence-corrected chi connectivity index (χ0v) is 12.1. The smallest absolute Gasteiger partial charge is 0.265 e. The molecular formula is C14H16N4OS. The van der Waals surface area contributed by atoms with E-state index in [1.807, 2.05) is 24.0 Å². The number of hydrogen-bond donors (Lipinski definition) is 1. The molecule has 0 spiro atoms. The average Bonchev–Trinajstić information content (AvgIpc) is 2.90. The molecule has 6 heteroatoms. The van der Waals surface area contributed by atoms with Crippen LogP contribution in [0.3, 0.4) is 0 Å². The van der Waals surface area contributed by atoms with E-state index in [4.69, 9.17) is 0 Å². The SMILES string of the molecule is Cc1nc(-c2ccncc2)sc1C(=O)N1CCNCC1. The molecule has 1 aliphatic rings. The Kier molecular flexibility index (Phi) is 3.75. The first-order valence-corrected chi connectivity index (χ1v) is 7.45. The lowest BCUT2D eigenvalue weighted by molar-refractivity contribution is 0.0740. The number of pyridine rings is 1. The van der Waals surface area contributed by atoms with E-state index in [1.165, 1.54) is 11.3 Å². The van der Waals surface area contributed by atoms with Crippen LogP contribution in [0.4, 0.5) is 0 Å². The fourth-order valence-electron chi connectivity index (χ4n) is 2.22. The highest BCUT2D eigenvalue weighted by Crippen LogP contribution is 2.28. The van der Waals surface area contributed by atoms with Gasteiger partial charge in [-0.15, -0.1) is 11.3 Å². The molecule has 2 aromatic heterocycles. The average molecular weight is 288 g/mol. The third-order valence-corrected chi connectivity index (χ3v) is 4.52. The second kappa shape index (κ2) is 5.68. The minimum atomic E-state index is 0.0989. The first-order valence-electron chi connectivity index (χ1n) is 6.63. The number of nitrogens with zero attached hydrogens (tertiary/aromatic N) is 3. The Hall–Kier alpha value is -1.79. The highest BCUT2D eigenvalue weighted by molar-refractivity contribution is 7.17. The lowest BCUT2D eigenvalue weighted by Gasteiger charge is -2.27. The maximum atomic E-state index is 12.5. The number of carbonyl (C=O) groups is 1. The molecule has 104 valence electrons. The number of nitrogens with one attached hydrogen (secondary N) is 1. The molecule has 1 fully saturated rings. The Morgan fingerprint density at radius 3 is 2.70 bits per heavy atom. The van der Waals surface area contributed by atoms with Gasteiger partial charge in [0, 0.05) is 44.1 Å². The lowest BCUT2D eigenvalue weighted by atomic mass is 10.3. The van der Waals surface area contributed by atoms with Crippen molar-refractivity contribution in [3.05, 3.63) is 35.1 Å². The Morgan fingerprint density at radius 2 is 2.00 bits per heavy atom. The Labute approximate surface area is 121 Å². The van der Waals surface area contributed by atoms with Crippen molar-refractivity contribution in [2.45, 2.75) is 6.92 Å². The quantitative estimate of drug-likeness (QED) is 0.911. The minimum Gasteiger partial charge on any atom is -0.335 e. The molecule has 20 heavy (non-hydrogen) atoms.